The Labute approximate surface area is 174 Å². The zero-order chi connectivity index (χ0) is 21.3. The molecule has 0 aromatic heterocycles. The van der Waals surface area contributed by atoms with Crippen molar-refractivity contribution in [3.05, 3.63) is 70.8 Å². The van der Waals surface area contributed by atoms with Gasteiger partial charge in [-0.05, 0) is 53.4 Å². The van der Waals surface area contributed by atoms with Crippen LogP contribution in [0.5, 0.6) is 0 Å². The Kier molecular flexibility index (Phi) is 9.30. The van der Waals surface area contributed by atoms with Crippen LogP contribution in [0.2, 0.25) is 0 Å². The molecular weight excluding hydrogens is 388 g/mol. The van der Waals surface area contributed by atoms with E-state index in [2.05, 4.69) is 50.2 Å². The third kappa shape index (κ3) is 8.26. The van der Waals surface area contributed by atoms with E-state index in [0.717, 1.165) is 24.0 Å². The molecule has 160 valence electrons. The van der Waals surface area contributed by atoms with E-state index in [1.807, 2.05) is 12.1 Å². The van der Waals surface area contributed by atoms with E-state index in [0.29, 0.717) is 25.0 Å². The van der Waals surface area contributed by atoms with Gasteiger partial charge >= 0.3 is 0 Å². The molecule has 2 rings (SSSR count). The minimum Gasteiger partial charge on any atom is -0.392 e. The third-order valence-electron chi connectivity index (χ3n) is 5.27. The number of hydrogen-bond donors (Lipinski definition) is 2. The lowest BCUT2D eigenvalue weighted by Crippen LogP contribution is -2.07. The van der Waals surface area contributed by atoms with Crippen molar-refractivity contribution in [2.24, 2.45) is 0 Å². The molecule has 0 fully saturated rings. The van der Waals surface area contributed by atoms with Crippen molar-refractivity contribution in [2.45, 2.75) is 58.2 Å². The van der Waals surface area contributed by atoms with Crippen LogP contribution >= 0.6 is 0 Å². The Balaban J connectivity index is 1.87. The van der Waals surface area contributed by atoms with Gasteiger partial charge in [0, 0.05) is 6.61 Å². The molecule has 2 atom stereocenters. The quantitative estimate of drug-likeness (QED) is 0.385. The van der Waals surface area contributed by atoms with Crippen LogP contribution in [0.25, 0.3) is 0 Å². The Morgan fingerprint density at radius 2 is 1.55 bits per heavy atom. The van der Waals surface area contributed by atoms with Gasteiger partial charge in [0.15, 0.2) is 0 Å². The van der Waals surface area contributed by atoms with Gasteiger partial charge in [0.2, 0.25) is 0 Å². The van der Waals surface area contributed by atoms with Crippen LogP contribution < -0.4 is 0 Å². The van der Waals surface area contributed by atoms with Crippen LogP contribution in [0.1, 0.15) is 67.2 Å². The van der Waals surface area contributed by atoms with E-state index in [-0.39, 0.29) is 18.8 Å². The number of aliphatic hydroxyl groups is 1. The van der Waals surface area contributed by atoms with Crippen molar-refractivity contribution in [1.82, 2.24) is 0 Å². The molecule has 29 heavy (non-hydrogen) atoms. The summed E-state index contributed by atoms with van der Waals surface area (Å²) < 4.78 is 35.6. The molecular formula is C23H32O5S. The van der Waals surface area contributed by atoms with Gasteiger partial charge in [-0.15, -0.1) is 0 Å². The van der Waals surface area contributed by atoms with Crippen molar-refractivity contribution in [3.8, 4) is 0 Å². The molecule has 0 aliphatic heterocycles. The zero-order valence-corrected chi connectivity index (χ0v) is 18.1. The van der Waals surface area contributed by atoms with Crippen LogP contribution in [-0.2, 0) is 28.1 Å². The van der Waals surface area contributed by atoms with Gasteiger partial charge in [0.25, 0.3) is 10.1 Å². The van der Waals surface area contributed by atoms with Gasteiger partial charge in [-0.2, -0.15) is 8.42 Å². The lowest BCUT2D eigenvalue weighted by atomic mass is 9.84. The summed E-state index contributed by atoms with van der Waals surface area (Å²) in [6.07, 6.45) is 2.40. The number of rotatable bonds is 12. The summed E-state index contributed by atoms with van der Waals surface area (Å²) in [5, 5.41) is 9.19. The first-order valence-corrected chi connectivity index (χ1v) is 11.7. The molecule has 0 aliphatic carbocycles. The first-order valence-electron chi connectivity index (χ1n) is 10.1. The maximum Gasteiger partial charge on any atom is 0.264 e. The highest BCUT2D eigenvalue weighted by Gasteiger charge is 2.15. The molecule has 2 aromatic rings. The minimum absolute atomic E-state index is 0.0723. The molecule has 6 heteroatoms. The largest absolute Gasteiger partial charge is 0.392 e. The standard InChI is InChI=1S/C23H32O5S/c1-3-21(15-18(2)22-9-5-19(16-24)6-10-22)23-11-7-20(8-12-23)17-28-13-4-14-29(25,26)27/h5-12,18,21,24H,3-4,13-17H2,1-2H3,(H,25,26,27). The first-order chi connectivity index (χ1) is 13.8. The molecule has 0 aliphatic rings. The number of hydrogen-bond acceptors (Lipinski definition) is 4. The fraction of sp³-hybridized carbons (Fsp3) is 0.478. The van der Waals surface area contributed by atoms with E-state index in [9.17, 15) is 13.5 Å². The summed E-state index contributed by atoms with van der Waals surface area (Å²) in [6, 6.07) is 16.6. The van der Waals surface area contributed by atoms with Crippen molar-refractivity contribution in [3.63, 3.8) is 0 Å². The van der Waals surface area contributed by atoms with E-state index < -0.39 is 10.1 Å². The molecule has 0 bridgehead atoms. The molecule has 0 saturated heterocycles. The number of ether oxygens (including phenoxy) is 1. The second-order valence-corrected chi connectivity index (χ2v) is 9.15. The number of aliphatic hydroxyl groups excluding tert-OH is 1. The lowest BCUT2D eigenvalue weighted by Gasteiger charge is -2.21. The minimum atomic E-state index is -3.91. The Hall–Kier alpha value is -1.73. The second kappa shape index (κ2) is 11.5. The Bertz CT molecular complexity index is 829. The van der Waals surface area contributed by atoms with Crippen molar-refractivity contribution in [1.29, 1.82) is 0 Å². The summed E-state index contributed by atoms with van der Waals surface area (Å²) in [7, 11) is -3.91. The van der Waals surface area contributed by atoms with Gasteiger partial charge < -0.3 is 9.84 Å². The predicted molar refractivity (Wildman–Crippen MR) is 116 cm³/mol. The monoisotopic (exact) mass is 420 g/mol. The van der Waals surface area contributed by atoms with Crippen molar-refractivity contribution in [2.75, 3.05) is 12.4 Å². The van der Waals surface area contributed by atoms with E-state index in [1.165, 1.54) is 11.1 Å². The fourth-order valence-corrected chi connectivity index (χ4v) is 3.95. The predicted octanol–water partition coefficient (Wildman–Crippen LogP) is 4.66. The Morgan fingerprint density at radius 3 is 2.10 bits per heavy atom. The summed E-state index contributed by atoms with van der Waals surface area (Å²) >= 11 is 0. The fourth-order valence-electron chi connectivity index (χ4n) is 3.47. The molecule has 0 heterocycles. The smallest absolute Gasteiger partial charge is 0.264 e. The highest BCUT2D eigenvalue weighted by molar-refractivity contribution is 7.85. The summed E-state index contributed by atoms with van der Waals surface area (Å²) in [6.45, 7) is 5.24. The van der Waals surface area contributed by atoms with Gasteiger partial charge in [-0.1, -0.05) is 62.4 Å². The number of benzene rings is 2. The lowest BCUT2D eigenvalue weighted by molar-refractivity contribution is 0.121. The Morgan fingerprint density at radius 1 is 0.966 bits per heavy atom. The maximum atomic E-state index is 10.7. The maximum absolute atomic E-state index is 10.7. The highest BCUT2D eigenvalue weighted by atomic mass is 32.2. The molecule has 2 N–H and O–H groups in total. The second-order valence-electron chi connectivity index (χ2n) is 7.58. The average Bonchev–Trinajstić information content (AvgIpc) is 2.71. The summed E-state index contributed by atoms with van der Waals surface area (Å²) in [5.74, 6) is 0.621. The van der Waals surface area contributed by atoms with Crippen LogP contribution in [-0.4, -0.2) is 30.4 Å². The van der Waals surface area contributed by atoms with Gasteiger partial charge in [0.05, 0.1) is 19.0 Å². The SMILES string of the molecule is CCC(CC(C)c1ccc(CO)cc1)c1ccc(COCCCS(=O)(=O)O)cc1. The van der Waals surface area contributed by atoms with Crippen LogP contribution in [0.15, 0.2) is 48.5 Å². The van der Waals surface area contributed by atoms with Gasteiger partial charge in [-0.3, -0.25) is 4.55 Å². The van der Waals surface area contributed by atoms with Gasteiger partial charge in [0.1, 0.15) is 0 Å². The molecule has 2 unspecified atom stereocenters. The van der Waals surface area contributed by atoms with Crippen LogP contribution in [0.4, 0.5) is 0 Å². The molecule has 2 aromatic carbocycles. The van der Waals surface area contributed by atoms with Gasteiger partial charge in [-0.25, -0.2) is 0 Å². The van der Waals surface area contributed by atoms with E-state index >= 15 is 0 Å². The molecule has 0 spiro atoms. The van der Waals surface area contributed by atoms with Crippen molar-refractivity contribution >= 4 is 10.1 Å². The third-order valence-corrected chi connectivity index (χ3v) is 6.08. The molecule has 0 saturated carbocycles. The summed E-state index contributed by atoms with van der Waals surface area (Å²) in [5.41, 5.74) is 4.57. The summed E-state index contributed by atoms with van der Waals surface area (Å²) in [4.78, 5) is 0. The highest BCUT2D eigenvalue weighted by Crippen LogP contribution is 2.32. The first kappa shape index (κ1) is 23.5. The van der Waals surface area contributed by atoms with E-state index in [4.69, 9.17) is 9.29 Å². The van der Waals surface area contributed by atoms with Crippen molar-refractivity contribution < 1.29 is 22.8 Å². The van der Waals surface area contributed by atoms with E-state index in [1.54, 1.807) is 0 Å². The topological polar surface area (TPSA) is 83.8 Å². The van der Waals surface area contributed by atoms with Crippen LogP contribution in [0.3, 0.4) is 0 Å². The zero-order valence-electron chi connectivity index (χ0n) is 17.3. The molecule has 5 nitrogen and oxygen atoms in total. The molecule has 0 amide bonds. The normalized spacial score (nSPS) is 13.9. The van der Waals surface area contributed by atoms with Crippen LogP contribution in [0, 0.1) is 0 Å². The average molecular weight is 421 g/mol. The molecule has 0 radical (unpaired) electrons.